The molecule has 260 valence electrons. The summed E-state index contributed by atoms with van der Waals surface area (Å²) in [7, 11) is -1.48. The van der Waals surface area contributed by atoms with Crippen LogP contribution in [0.25, 0.3) is 0 Å². The number of anilines is 2. The number of ether oxygens (including phenoxy) is 2. The number of hydrogen-bond acceptors (Lipinski definition) is 8. The van der Waals surface area contributed by atoms with Gasteiger partial charge in [-0.25, -0.2) is 0 Å². The fraction of sp³-hybridized carbons (Fsp3) is 0.432. The van der Waals surface area contributed by atoms with Crippen molar-refractivity contribution in [3.63, 3.8) is 0 Å². The topological polar surface area (TPSA) is 149 Å². The van der Waals surface area contributed by atoms with Gasteiger partial charge in [-0.05, 0) is 73.5 Å². The smallest absolute Gasteiger partial charge is 0.264 e. The predicted octanol–water partition coefficient (Wildman–Crippen LogP) is 3.70. The van der Waals surface area contributed by atoms with E-state index in [1.807, 2.05) is 56.4 Å². The summed E-state index contributed by atoms with van der Waals surface area (Å²) in [5.41, 5.74) is 2.81. The molecule has 1 saturated heterocycles. The Morgan fingerprint density at radius 2 is 1.80 bits per heavy atom. The van der Waals surface area contributed by atoms with Crippen LogP contribution in [0.1, 0.15) is 42.5 Å². The molecule has 6 rings (SSSR count). The van der Waals surface area contributed by atoms with Crippen LogP contribution in [-0.4, -0.2) is 77.9 Å². The molecule has 6 atom stereocenters. The van der Waals surface area contributed by atoms with Crippen LogP contribution in [0, 0.1) is 5.92 Å². The van der Waals surface area contributed by atoms with E-state index in [1.54, 1.807) is 47.2 Å². The van der Waals surface area contributed by atoms with Gasteiger partial charge in [0.15, 0.2) is 13.9 Å². The van der Waals surface area contributed by atoms with Crippen molar-refractivity contribution in [1.29, 1.82) is 0 Å². The number of benzene rings is 3. The molecule has 3 amide bonds. The lowest BCUT2D eigenvalue weighted by Crippen LogP contribution is -2.48. The molecule has 0 aromatic heterocycles. The summed E-state index contributed by atoms with van der Waals surface area (Å²) in [6, 6.07) is 20.0. The highest BCUT2D eigenvalue weighted by atomic mass is 28.4. The first-order valence-corrected chi connectivity index (χ1v) is 19.8. The lowest BCUT2D eigenvalue weighted by Gasteiger charge is -2.37. The number of carbonyl (C=O) groups is 3. The maximum Gasteiger partial charge on any atom is 0.264 e. The van der Waals surface area contributed by atoms with E-state index in [2.05, 4.69) is 5.32 Å². The van der Waals surface area contributed by atoms with Crippen LogP contribution < -0.4 is 15.0 Å². The molecule has 49 heavy (non-hydrogen) atoms. The molecule has 0 radical (unpaired) electrons. The lowest BCUT2D eigenvalue weighted by atomic mass is 9.82. The van der Waals surface area contributed by atoms with Gasteiger partial charge in [0, 0.05) is 29.3 Å². The van der Waals surface area contributed by atoms with Crippen molar-refractivity contribution < 1.29 is 38.9 Å². The minimum absolute atomic E-state index is 0.0430. The molecule has 3 aliphatic heterocycles. The van der Waals surface area contributed by atoms with Crippen molar-refractivity contribution in [3.8, 4) is 5.75 Å². The Morgan fingerprint density at radius 1 is 1.10 bits per heavy atom. The number of methoxy groups -OCH3 is 1. The average molecular weight is 688 g/mol. The van der Waals surface area contributed by atoms with E-state index >= 15 is 0 Å². The van der Waals surface area contributed by atoms with Crippen molar-refractivity contribution in [2.75, 3.05) is 23.9 Å². The summed E-state index contributed by atoms with van der Waals surface area (Å²) in [6.07, 6.45) is -1.39. The highest BCUT2D eigenvalue weighted by Gasteiger charge is 2.66. The highest BCUT2D eigenvalue weighted by molar-refractivity contribution is 6.71. The molecule has 12 heteroatoms. The zero-order chi connectivity index (χ0) is 35.2. The van der Waals surface area contributed by atoms with Gasteiger partial charge in [0.05, 0.1) is 44.5 Å². The zero-order valence-electron chi connectivity index (χ0n) is 28.6. The third-order valence-corrected chi connectivity index (χ3v) is 12.9. The van der Waals surface area contributed by atoms with Crippen LogP contribution >= 0.6 is 0 Å². The van der Waals surface area contributed by atoms with Crippen molar-refractivity contribution >= 4 is 37.4 Å². The monoisotopic (exact) mass is 687 g/mol. The average Bonchev–Trinajstić information content (AvgIpc) is 3.50. The number of nitrogens with zero attached hydrogens (tertiary/aromatic N) is 2. The number of aliphatic hydroxyl groups is 2. The van der Waals surface area contributed by atoms with E-state index in [0.717, 1.165) is 16.7 Å². The molecule has 4 N–H and O–H groups in total. The Kier molecular flexibility index (Phi) is 9.46. The number of amides is 3. The minimum atomic E-state index is -3.04. The molecule has 1 fully saturated rings. The van der Waals surface area contributed by atoms with Crippen LogP contribution in [0.5, 0.6) is 5.75 Å². The molecule has 0 bridgehead atoms. The van der Waals surface area contributed by atoms with Gasteiger partial charge < -0.3 is 39.6 Å². The van der Waals surface area contributed by atoms with Gasteiger partial charge in [-0.15, -0.1) is 0 Å². The van der Waals surface area contributed by atoms with Gasteiger partial charge in [-0.2, -0.15) is 0 Å². The van der Waals surface area contributed by atoms with Crippen molar-refractivity contribution in [3.05, 3.63) is 89.0 Å². The molecular formula is C37H45N3O8Si. The molecule has 3 aromatic rings. The summed E-state index contributed by atoms with van der Waals surface area (Å²) < 4.78 is 12.5. The molecule has 3 aliphatic rings. The quantitative estimate of drug-likeness (QED) is 0.249. The predicted molar refractivity (Wildman–Crippen MR) is 186 cm³/mol. The van der Waals surface area contributed by atoms with Crippen molar-refractivity contribution in [1.82, 2.24) is 4.90 Å². The number of hydrogen-bond donors (Lipinski definition) is 4. The van der Waals surface area contributed by atoms with E-state index in [-0.39, 0.29) is 37.4 Å². The van der Waals surface area contributed by atoms with Gasteiger partial charge >= 0.3 is 0 Å². The normalized spacial score (nSPS) is 25.3. The Morgan fingerprint density at radius 3 is 2.43 bits per heavy atom. The SMILES string of the molecule is COc1ccc2c(c1)[C@@]1(O[C@H](CC(=O)N3Cc4ccccc4C[C@H]3CO)[C@@H]([Si](C)(C)O)[C@@H]1C)C(=O)N2Cc1ccc(NC(=O)[C@H](C)O)cc1. The maximum atomic E-state index is 14.8. The lowest BCUT2D eigenvalue weighted by molar-refractivity contribution is -0.151. The second-order valence-corrected chi connectivity index (χ2v) is 18.0. The first-order chi connectivity index (χ1) is 23.3. The number of carbonyl (C=O) groups excluding carboxylic acids is 3. The Labute approximate surface area is 287 Å². The zero-order valence-corrected chi connectivity index (χ0v) is 29.6. The van der Waals surface area contributed by atoms with Crippen molar-refractivity contribution in [2.24, 2.45) is 5.92 Å². The van der Waals surface area contributed by atoms with Crippen LogP contribution in [0.15, 0.2) is 66.7 Å². The van der Waals surface area contributed by atoms with Crippen LogP contribution in [-0.2, 0) is 44.2 Å². The second kappa shape index (κ2) is 13.3. The second-order valence-electron chi connectivity index (χ2n) is 14.0. The molecule has 0 aliphatic carbocycles. The van der Waals surface area contributed by atoms with E-state index in [4.69, 9.17) is 9.47 Å². The summed E-state index contributed by atoms with van der Waals surface area (Å²) in [6.45, 7) is 7.36. The first kappa shape index (κ1) is 34.8. The Bertz CT molecular complexity index is 1740. The van der Waals surface area contributed by atoms with E-state index in [1.165, 1.54) is 6.92 Å². The number of fused-ring (bicyclic) bond motifs is 3. The van der Waals surface area contributed by atoms with E-state index in [0.29, 0.717) is 35.7 Å². The molecule has 1 spiro atoms. The molecule has 0 saturated carbocycles. The largest absolute Gasteiger partial charge is 0.497 e. The molecular weight excluding hydrogens is 643 g/mol. The fourth-order valence-corrected chi connectivity index (χ4v) is 10.5. The van der Waals surface area contributed by atoms with Gasteiger partial charge in [-0.3, -0.25) is 14.4 Å². The Balaban J connectivity index is 1.32. The first-order valence-electron chi connectivity index (χ1n) is 16.7. The third-order valence-electron chi connectivity index (χ3n) is 10.4. The van der Waals surface area contributed by atoms with Crippen LogP contribution in [0.2, 0.25) is 18.6 Å². The van der Waals surface area contributed by atoms with Gasteiger partial charge in [0.25, 0.3) is 11.8 Å². The molecule has 3 heterocycles. The third kappa shape index (κ3) is 6.28. The minimum Gasteiger partial charge on any atom is -0.497 e. The highest BCUT2D eigenvalue weighted by Crippen LogP contribution is 2.60. The summed E-state index contributed by atoms with van der Waals surface area (Å²) in [5, 5.41) is 22.5. The van der Waals surface area contributed by atoms with Crippen molar-refractivity contribution in [2.45, 2.75) is 82.3 Å². The fourth-order valence-electron chi connectivity index (χ4n) is 8.00. The van der Waals surface area contributed by atoms with Gasteiger partial charge in [0.1, 0.15) is 11.9 Å². The summed E-state index contributed by atoms with van der Waals surface area (Å²) >= 11 is 0. The van der Waals surface area contributed by atoms with Crippen LogP contribution in [0.3, 0.4) is 0 Å². The molecule has 3 aromatic carbocycles. The van der Waals surface area contributed by atoms with Gasteiger partial charge in [-0.1, -0.05) is 43.3 Å². The van der Waals surface area contributed by atoms with E-state index in [9.17, 15) is 29.4 Å². The molecule has 0 unspecified atom stereocenters. The van der Waals surface area contributed by atoms with Gasteiger partial charge in [0.2, 0.25) is 5.91 Å². The maximum absolute atomic E-state index is 14.8. The van der Waals surface area contributed by atoms with Crippen LogP contribution in [0.4, 0.5) is 11.4 Å². The summed E-state index contributed by atoms with van der Waals surface area (Å²) in [5.74, 6) is -0.921. The number of aliphatic hydroxyl groups excluding tert-OH is 2. The standard InChI is InChI=1S/C37H45N3O8Si/c1-22-34(49(4,5)46)32(18-33(43)39-20-26-9-7-6-8-25(26)16-28(39)21-41)48-37(22)30-17-29(47-3)14-15-31(30)40(36(37)45)19-24-10-12-27(13-11-24)38-35(44)23(2)42/h6-15,17,22-23,28,32,34,41-42,46H,16,18-21H2,1-5H3,(H,38,44)/t22-,23-,28-,32+,34-,37+/m0/s1. The van der Waals surface area contributed by atoms with E-state index < -0.39 is 43.5 Å². The molecule has 11 nitrogen and oxygen atoms in total. The summed E-state index contributed by atoms with van der Waals surface area (Å²) in [4.78, 5) is 55.9. The Hall–Kier alpha value is -4.07. The number of rotatable bonds is 9. The number of nitrogens with one attached hydrogen (secondary N) is 1.